The molecule has 2 aliphatic rings. The molecule has 2 aromatic carbocycles. The van der Waals surface area contributed by atoms with Gasteiger partial charge < -0.3 is 29.2 Å². The Balaban J connectivity index is 0.00000273. The predicted octanol–water partition coefficient (Wildman–Crippen LogP) is 7.10. The molecule has 6 rings (SSSR count). The summed E-state index contributed by atoms with van der Waals surface area (Å²) in [6.07, 6.45) is 4.73. The number of halogens is 1. The lowest BCUT2D eigenvalue weighted by molar-refractivity contribution is -0.146. The van der Waals surface area contributed by atoms with Gasteiger partial charge >= 0.3 is 0 Å². The molecule has 15 heteroatoms. The standard InChI is InChI=1S/C49H64FN7O7.C3H6/c1-9-56-42-18-17-35(24-37(42)38(25-49(5,6)28-64-30-59)45(56)36-16-13-19-51-43(36)32(4)63-8)34-15-12-14-33(22-34)23-41(48(62)57-21-11-10-20-52-57)53-46(60)44(31(2)3)54(7)47(61)39-26-55(29-58)27-40(39)50;1-3-2/h12-19,22,24,29-32,39-41,44,52H,9-11,20-21,23,25-28H2,1-8H3,(H,53,60);3H,1H2,2H3. The number of benzene rings is 2. The van der Waals surface area contributed by atoms with Crippen LogP contribution >= 0.6 is 0 Å². The average molecular weight is 924 g/mol. The van der Waals surface area contributed by atoms with E-state index in [2.05, 4.69) is 66.9 Å². The molecule has 4 heterocycles. The number of carbonyl (C=O) groups is 5. The van der Waals surface area contributed by atoms with Crippen molar-refractivity contribution in [2.24, 2.45) is 17.3 Å². The van der Waals surface area contributed by atoms with Gasteiger partial charge in [-0.2, -0.15) is 0 Å². The summed E-state index contributed by atoms with van der Waals surface area (Å²) in [5.41, 5.74) is 10.4. The van der Waals surface area contributed by atoms with Crippen LogP contribution in [0.4, 0.5) is 4.39 Å². The Morgan fingerprint density at radius 3 is 2.42 bits per heavy atom. The summed E-state index contributed by atoms with van der Waals surface area (Å²) in [7, 11) is 3.15. The number of allylic oxidation sites excluding steroid dienone is 1. The number of carbonyl (C=O) groups excluding carboxylic acids is 5. The zero-order chi connectivity index (χ0) is 49.0. The highest BCUT2D eigenvalue weighted by molar-refractivity contribution is 5.96. The van der Waals surface area contributed by atoms with Crippen molar-refractivity contribution >= 4 is 41.5 Å². The number of hydrogen-bond acceptors (Lipinski definition) is 9. The number of rotatable bonds is 19. The molecule has 2 aromatic heterocycles. The lowest BCUT2D eigenvalue weighted by atomic mass is 9.84. The Hall–Kier alpha value is -5.93. The van der Waals surface area contributed by atoms with E-state index in [4.69, 9.17) is 14.5 Å². The first kappa shape index (κ1) is 52.0. The third-order valence-electron chi connectivity index (χ3n) is 12.6. The summed E-state index contributed by atoms with van der Waals surface area (Å²) in [5.74, 6) is -2.84. The Kier molecular flexibility index (Phi) is 18.4. The molecule has 4 aromatic rings. The summed E-state index contributed by atoms with van der Waals surface area (Å²) in [5, 5.41) is 5.61. The molecule has 0 bridgehead atoms. The topological polar surface area (TPSA) is 155 Å². The van der Waals surface area contributed by atoms with Gasteiger partial charge in [-0.3, -0.25) is 34.0 Å². The highest BCUT2D eigenvalue weighted by atomic mass is 19.1. The summed E-state index contributed by atoms with van der Waals surface area (Å²) < 4.78 is 28.3. The number of amides is 4. The van der Waals surface area contributed by atoms with Crippen LogP contribution in [-0.2, 0) is 52.8 Å². The highest BCUT2D eigenvalue weighted by Gasteiger charge is 2.43. The number of hydrazine groups is 1. The van der Waals surface area contributed by atoms with Crippen LogP contribution in [0.25, 0.3) is 33.3 Å². The molecule has 5 unspecified atom stereocenters. The molecule has 2 N–H and O–H groups in total. The fourth-order valence-electron chi connectivity index (χ4n) is 9.33. The lowest BCUT2D eigenvalue weighted by Crippen LogP contribution is -2.60. The van der Waals surface area contributed by atoms with Crippen LogP contribution in [0.3, 0.4) is 0 Å². The van der Waals surface area contributed by atoms with Gasteiger partial charge in [-0.25, -0.2) is 9.82 Å². The summed E-state index contributed by atoms with van der Waals surface area (Å²) in [6, 6.07) is 16.4. The molecule has 14 nitrogen and oxygen atoms in total. The number of nitrogens with one attached hydrogen (secondary N) is 2. The molecule has 362 valence electrons. The quantitative estimate of drug-likeness (QED) is 0.0741. The van der Waals surface area contributed by atoms with E-state index in [0.717, 1.165) is 62.9 Å². The van der Waals surface area contributed by atoms with Crippen molar-refractivity contribution in [1.82, 2.24) is 35.1 Å². The number of likely N-dealkylation sites (tertiary alicyclic amines) is 1. The number of fused-ring (bicyclic) bond motifs is 1. The largest absolute Gasteiger partial charge is 0.467 e. The van der Waals surface area contributed by atoms with E-state index in [9.17, 15) is 28.4 Å². The van der Waals surface area contributed by atoms with Crippen molar-refractivity contribution in [1.29, 1.82) is 0 Å². The second-order valence-electron chi connectivity index (χ2n) is 18.7. The van der Waals surface area contributed by atoms with E-state index in [1.54, 1.807) is 38.2 Å². The minimum atomic E-state index is -1.54. The van der Waals surface area contributed by atoms with Crippen LogP contribution in [0.2, 0.25) is 0 Å². The van der Waals surface area contributed by atoms with Gasteiger partial charge in [0.2, 0.25) is 18.2 Å². The number of hydrogen-bond donors (Lipinski definition) is 2. The molecule has 5 atom stereocenters. The number of nitrogens with zero attached hydrogens (tertiary/aromatic N) is 5. The SMILES string of the molecule is C=CC.CCn1c(-c2cccnc2C(C)OC)c(CC(C)(C)COC=O)c2cc(-c3cccc(CC(NC(=O)C(C(C)C)N(C)C(=O)C4CN(C=O)CC4F)C(=O)N4CCCCN4)c3)ccc21. The van der Waals surface area contributed by atoms with Crippen LogP contribution in [0.5, 0.6) is 0 Å². The second kappa shape index (κ2) is 23.7. The molecule has 0 spiro atoms. The number of likely N-dealkylation sites (N-methyl/N-ethyl adjacent to an activating group) is 1. The van der Waals surface area contributed by atoms with Crippen molar-refractivity contribution in [3.05, 3.63) is 90.3 Å². The highest BCUT2D eigenvalue weighted by Crippen LogP contribution is 2.42. The molecule has 0 saturated carbocycles. The first-order valence-electron chi connectivity index (χ1n) is 23.3. The van der Waals surface area contributed by atoms with Crippen LogP contribution in [-0.4, -0.2) is 120 Å². The van der Waals surface area contributed by atoms with E-state index in [-0.39, 0.29) is 44.0 Å². The zero-order valence-electron chi connectivity index (χ0n) is 40.7. The van der Waals surface area contributed by atoms with Crippen LogP contribution in [0.1, 0.15) is 84.2 Å². The van der Waals surface area contributed by atoms with E-state index in [1.165, 1.54) is 16.8 Å². The van der Waals surface area contributed by atoms with Gasteiger partial charge in [0.05, 0.1) is 36.6 Å². The third-order valence-corrected chi connectivity index (χ3v) is 12.6. The monoisotopic (exact) mass is 924 g/mol. The van der Waals surface area contributed by atoms with E-state index < -0.39 is 41.4 Å². The van der Waals surface area contributed by atoms with Gasteiger partial charge in [-0.15, -0.1) is 6.58 Å². The van der Waals surface area contributed by atoms with Gasteiger partial charge in [-0.05, 0) is 92.5 Å². The minimum absolute atomic E-state index is 0.0638. The first-order chi connectivity index (χ1) is 32.0. The van der Waals surface area contributed by atoms with Gasteiger partial charge in [0.1, 0.15) is 18.3 Å². The van der Waals surface area contributed by atoms with Gasteiger partial charge in [0.25, 0.3) is 12.4 Å². The Morgan fingerprint density at radius 2 is 1.79 bits per heavy atom. The zero-order valence-corrected chi connectivity index (χ0v) is 40.7. The Bertz CT molecular complexity index is 2360. The number of aromatic nitrogens is 2. The molecule has 0 aliphatic carbocycles. The van der Waals surface area contributed by atoms with E-state index >= 15 is 0 Å². The van der Waals surface area contributed by atoms with Crippen molar-refractivity contribution in [3.63, 3.8) is 0 Å². The van der Waals surface area contributed by atoms with Crippen LogP contribution in [0, 0.1) is 17.3 Å². The van der Waals surface area contributed by atoms with Gasteiger partial charge in [-0.1, -0.05) is 64.1 Å². The van der Waals surface area contributed by atoms with Crippen LogP contribution < -0.4 is 10.7 Å². The second-order valence-corrected chi connectivity index (χ2v) is 18.7. The molecule has 67 heavy (non-hydrogen) atoms. The van der Waals surface area contributed by atoms with Crippen molar-refractivity contribution in [2.75, 3.05) is 46.9 Å². The maximum absolute atomic E-state index is 15.0. The third kappa shape index (κ3) is 12.3. The van der Waals surface area contributed by atoms with Crippen molar-refractivity contribution in [2.45, 2.75) is 105 Å². The lowest BCUT2D eigenvalue weighted by Gasteiger charge is -2.35. The number of pyridine rings is 1. The summed E-state index contributed by atoms with van der Waals surface area (Å²) in [6.45, 7) is 19.4. The normalized spacial score (nSPS) is 17.5. The number of methoxy groups -OCH3 is 1. The van der Waals surface area contributed by atoms with E-state index in [0.29, 0.717) is 38.9 Å². The maximum atomic E-state index is 15.0. The molecule has 2 fully saturated rings. The molecular formula is C52H70FN7O7. The summed E-state index contributed by atoms with van der Waals surface area (Å²) >= 11 is 0. The van der Waals surface area contributed by atoms with Crippen molar-refractivity contribution < 1.29 is 37.8 Å². The summed E-state index contributed by atoms with van der Waals surface area (Å²) in [4.78, 5) is 72.1. The minimum Gasteiger partial charge on any atom is -0.467 e. The average Bonchev–Trinajstić information content (AvgIpc) is 3.85. The fraction of sp³-hybridized carbons (Fsp3) is 0.500. The molecular weight excluding hydrogens is 854 g/mol. The van der Waals surface area contributed by atoms with E-state index in [1.807, 2.05) is 44.2 Å². The number of aryl methyl sites for hydroxylation is 1. The van der Waals surface area contributed by atoms with Gasteiger partial charge in [0, 0.05) is 74.8 Å². The molecule has 2 saturated heterocycles. The smallest absolute Gasteiger partial charge is 0.293 e. The maximum Gasteiger partial charge on any atom is 0.293 e. The first-order valence-corrected chi connectivity index (χ1v) is 23.3. The molecule has 0 radical (unpaired) electrons. The Morgan fingerprint density at radius 1 is 1.06 bits per heavy atom. The molecule has 4 amide bonds. The number of alkyl halides is 1. The fourth-order valence-corrected chi connectivity index (χ4v) is 9.33. The Labute approximate surface area is 395 Å². The van der Waals surface area contributed by atoms with Crippen LogP contribution in [0.15, 0.2) is 73.4 Å². The van der Waals surface area contributed by atoms with Crippen molar-refractivity contribution in [3.8, 4) is 22.4 Å². The molecule has 2 aliphatic heterocycles. The number of ether oxygens (including phenoxy) is 2. The van der Waals surface area contributed by atoms with Gasteiger partial charge in [0.15, 0.2) is 0 Å². The predicted molar refractivity (Wildman–Crippen MR) is 259 cm³/mol.